The number of nitrogens with two attached hydrogens (primary N) is 1. The summed E-state index contributed by atoms with van der Waals surface area (Å²) < 4.78 is 26.4. The zero-order chi connectivity index (χ0) is 30.6. The van der Waals surface area contributed by atoms with E-state index in [0.29, 0.717) is 6.42 Å². The number of imidazole rings is 1. The van der Waals surface area contributed by atoms with Crippen LogP contribution in [0.4, 0.5) is 10.2 Å². The van der Waals surface area contributed by atoms with Gasteiger partial charge in [-0.05, 0) is 6.42 Å². The predicted octanol–water partition coefficient (Wildman–Crippen LogP) is 6.51. The van der Waals surface area contributed by atoms with E-state index in [1.807, 2.05) is 0 Å². The molecule has 2 atom stereocenters. The summed E-state index contributed by atoms with van der Waals surface area (Å²) in [6.07, 6.45) is 26.6. The van der Waals surface area contributed by atoms with E-state index in [9.17, 15) is 14.3 Å². The minimum Gasteiger partial charge on any atom is -0.456 e. The molecule has 9 nitrogen and oxygen atoms in total. The van der Waals surface area contributed by atoms with Gasteiger partial charge in [0.25, 0.3) is 0 Å². The van der Waals surface area contributed by atoms with Gasteiger partial charge in [-0.3, -0.25) is 4.79 Å². The number of fused-ring (bicyclic) bond motifs is 1. The fourth-order valence-corrected chi connectivity index (χ4v) is 5.24. The minimum absolute atomic E-state index is 0.0736. The van der Waals surface area contributed by atoms with Crippen molar-refractivity contribution in [3.8, 4) is 12.3 Å². The molecule has 0 saturated heterocycles. The molecule has 1 unspecified atom stereocenters. The number of hydrogen-bond donors (Lipinski definition) is 2. The van der Waals surface area contributed by atoms with Crippen molar-refractivity contribution >= 4 is 23.0 Å². The number of carbonyl (C=O) groups is 1. The number of esters is 1. The summed E-state index contributed by atoms with van der Waals surface area (Å²) in [5.41, 5.74) is 4.48. The number of nitrogens with zero attached hydrogens (tertiary/aromatic N) is 4. The van der Waals surface area contributed by atoms with Crippen molar-refractivity contribution in [2.75, 3.05) is 19.5 Å². The SMILES string of the molecule is C#CC(CO)(OC)[C@@H](Cn1cnc2c(N)nc(F)nc21)OC(=O)CCCCCCCCCCCCCCCCCCC. The molecular weight excluding hydrogens is 537 g/mol. The maximum absolute atomic E-state index is 13.8. The van der Waals surface area contributed by atoms with E-state index in [2.05, 4.69) is 27.8 Å². The van der Waals surface area contributed by atoms with Crippen molar-refractivity contribution in [3.05, 3.63) is 12.4 Å². The van der Waals surface area contributed by atoms with Gasteiger partial charge in [-0.15, -0.1) is 6.42 Å². The van der Waals surface area contributed by atoms with Crippen LogP contribution in [0.15, 0.2) is 6.33 Å². The van der Waals surface area contributed by atoms with Gasteiger partial charge in [0.1, 0.15) is 5.52 Å². The number of halogens is 1. The molecule has 236 valence electrons. The third-order valence-corrected chi connectivity index (χ3v) is 7.95. The number of carbonyl (C=O) groups excluding carboxylic acids is 1. The zero-order valence-corrected chi connectivity index (χ0v) is 25.8. The Bertz CT molecular complexity index is 1080. The second kappa shape index (κ2) is 20.2. The van der Waals surface area contributed by atoms with Crippen LogP contribution in [0.1, 0.15) is 122 Å². The lowest BCUT2D eigenvalue weighted by Gasteiger charge is -2.33. The van der Waals surface area contributed by atoms with Gasteiger partial charge in [0, 0.05) is 13.5 Å². The van der Waals surface area contributed by atoms with Gasteiger partial charge in [-0.25, -0.2) is 4.98 Å². The molecule has 0 aliphatic carbocycles. The van der Waals surface area contributed by atoms with Crippen LogP contribution < -0.4 is 5.73 Å². The molecule has 42 heavy (non-hydrogen) atoms. The Balaban J connectivity index is 1.67. The molecular formula is C32H52FN5O4. The number of anilines is 1. The number of methoxy groups -OCH3 is 1. The van der Waals surface area contributed by atoms with E-state index in [4.69, 9.17) is 21.6 Å². The molecule has 0 bridgehead atoms. The lowest BCUT2D eigenvalue weighted by molar-refractivity contribution is -0.168. The monoisotopic (exact) mass is 589 g/mol. The van der Waals surface area contributed by atoms with Crippen molar-refractivity contribution in [2.24, 2.45) is 0 Å². The number of terminal acetylenes is 1. The molecule has 2 aromatic heterocycles. The highest BCUT2D eigenvalue weighted by Gasteiger charge is 2.40. The molecule has 2 aromatic rings. The van der Waals surface area contributed by atoms with E-state index in [-0.39, 0.29) is 29.9 Å². The third kappa shape index (κ3) is 11.8. The number of rotatable bonds is 24. The molecule has 0 aliphatic rings. The number of unbranched alkanes of at least 4 members (excludes halogenated alkanes) is 16. The summed E-state index contributed by atoms with van der Waals surface area (Å²) in [5.74, 6) is 1.86. The maximum Gasteiger partial charge on any atom is 0.312 e. The Morgan fingerprint density at radius 1 is 1.00 bits per heavy atom. The van der Waals surface area contributed by atoms with Crippen LogP contribution in [0.3, 0.4) is 0 Å². The molecule has 0 amide bonds. The van der Waals surface area contributed by atoms with E-state index in [1.165, 1.54) is 108 Å². The average molecular weight is 590 g/mol. The molecule has 0 aliphatic heterocycles. The van der Waals surface area contributed by atoms with Gasteiger partial charge in [-0.1, -0.05) is 116 Å². The van der Waals surface area contributed by atoms with Gasteiger partial charge < -0.3 is 24.9 Å². The standard InChI is InChI=1S/C32H52FN5O4/c1-4-6-7-8-9-10-11-12-13-14-15-16-17-18-19-20-21-22-27(40)42-26(32(5-2,24-39)41-3)23-38-25-35-28-29(34)36-31(33)37-30(28)38/h2,25-26,39H,4,6-24H2,1,3H3,(H2,34,36,37)/t26-,32?/m1/s1. The first-order valence-corrected chi connectivity index (χ1v) is 15.9. The summed E-state index contributed by atoms with van der Waals surface area (Å²) in [6, 6.07) is 0. The van der Waals surface area contributed by atoms with Crippen molar-refractivity contribution < 1.29 is 23.8 Å². The highest BCUT2D eigenvalue weighted by molar-refractivity contribution is 5.81. The molecule has 2 heterocycles. The van der Waals surface area contributed by atoms with Gasteiger partial charge in [0.05, 0.1) is 19.5 Å². The van der Waals surface area contributed by atoms with Crippen molar-refractivity contribution in [2.45, 2.75) is 141 Å². The number of aliphatic hydroxyl groups excluding tert-OH is 1. The highest BCUT2D eigenvalue weighted by atomic mass is 19.1. The summed E-state index contributed by atoms with van der Waals surface area (Å²) >= 11 is 0. The third-order valence-electron chi connectivity index (χ3n) is 7.95. The predicted molar refractivity (Wildman–Crippen MR) is 164 cm³/mol. The highest BCUT2D eigenvalue weighted by Crippen LogP contribution is 2.24. The first kappa shape index (κ1) is 35.4. The molecule has 3 N–H and O–H groups in total. The van der Waals surface area contributed by atoms with Crippen LogP contribution in [0.5, 0.6) is 0 Å². The van der Waals surface area contributed by atoms with Crippen LogP contribution in [0.25, 0.3) is 11.2 Å². The van der Waals surface area contributed by atoms with Gasteiger partial charge in [-0.2, -0.15) is 14.4 Å². The second-order valence-corrected chi connectivity index (χ2v) is 11.2. The molecule has 0 fully saturated rings. The first-order valence-electron chi connectivity index (χ1n) is 15.9. The summed E-state index contributed by atoms with van der Waals surface area (Å²) in [7, 11) is 1.33. The second-order valence-electron chi connectivity index (χ2n) is 11.2. The van der Waals surface area contributed by atoms with E-state index >= 15 is 0 Å². The fourth-order valence-electron chi connectivity index (χ4n) is 5.24. The van der Waals surface area contributed by atoms with Gasteiger partial charge in [0.2, 0.25) is 0 Å². The maximum atomic E-state index is 13.8. The quantitative estimate of drug-likeness (QED) is 0.0614. The molecule has 0 spiro atoms. The molecule has 10 heteroatoms. The van der Waals surface area contributed by atoms with Crippen LogP contribution >= 0.6 is 0 Å². The molecule has 0 saturated carbocycles. The fraction of sp³-hybridized carbons (Fsp3) is 0.750. The topological polar surface area (TPSA) is 125 Å². The van der Waals surface area contributed by atoms with Gasteiger partial charge in [0.15, 0.2) is 23.2 Å². The van der Waals surface area contributed by atoms with Crippen molar-refractivity contribution in [3.63, 3.8) is 0 Å². The molecule has 2 rings (SSSR count). The lowest BCUT2D eigenvalue weighted by atomic mass is 9.97. The Hall–Kier alpha value is -2.77. The smallest absolute Gasteiger partial charge is 0.312 e. The van der Waals surface area contributed by atoms with E-state index < -0.39 is 30.4 Å². The Kier molecular flexibility index (Phi) is 17.0. The number of nitrogen functional groups attached to an aromatic ring is 1. The zero-order valence-electron chi connectivity index (χ0n) is 25.8. The summed E-state index contributed by atoms with van der Waals surface area (Å²) in [6.45, 7) is 1.60. The Labute approximate surface area is 251 Å². The van der Waals surface area contributed by atoms with Crippen molar-refractivity contribution in [1.82, 2.24) is 19.5 Å². The van der Waals surface area contributed by atoms with Crippen LogP contribution in [0, 0.1) is 18.4 Å². The lowest BCUT2D eigenvalue weighted by Crippen LogP contribution is -2.50. The van der Waals surface area contributed by atoms with Gasteiger partial charge >= 0.3 is 12.0 Å². The van der Waals surface area contributed by atoms with Crippen LogP contribution in [-0.4, -0.2) is 56.0 Å². The Morgan fingerprint density at radius 2 is 1.52 bits per heavy atom. The largest absolute Gasteiger partial charge is 0.456 e. The van der Waals surface area contributed by atoms with E-state index in [0.717, 1.165) is 12.8 Å². The number of aliphatic hydroxyl groups is 1. The molecule has 0 radical (unpaired) electrons. The normalized spacial score (nSPS) is 13.6. The van der Waals surface area contributed by atoms with Crippen molar-refractivity contribution in [1.29, 1.82) is 0 Å². The number of hydrogen-bond acceptors (Lipinski definition) is 8. The number of ether oxygens (including phenoxy) is 2. The van der Waals surface area contributed by atoms with Crippen LogP contribution in [-0.2, 0) is 20.8 Å². The summed E-state index contributed by atoms with van der Waals surface area (Å²) in [4.78, 5) is 24.1. The molecule has 0 aromatic carbocycles. The first-order chi connectivity index (χ1) is 20.4. The van der Waals surface area contributed by atoms with E-state index in [1.54, 1.807) is 0 Å². The van der Waals surface area contributed by atoms with Crippen LogP contribution in [0.2, 0.25) is 0 Å². The summed E-state index contributed by atoms with van der Waals surface area (Å²) in [5, 5.41) is 10.0. The average Bonchev–Trinajstić information content (AvgIpc) is 3.38. The minimum atomic E-state index is -1.60. The number of aromatic nitrogens is 4. The Morgan fingerprint density at radius 3 is 2.00 bits per heavy atom.